The van der Waals surface area contributed by atoms with Crippen molar-refractivity contribution >= 4 is 11.6 Å². The molecule has 1 aliphatic rings. The van der Waals surface area contributed by atoms with E-state index >= 15 is 0 Å². The zero-order valence-corrected chi connectivity index (χ0v) is 11.6. The van der Waals surface area contributed by atoms with E-state index in [4.69, 9.17) is 16.3 Å². The molecule has 0 saturated carbocycles. The lowest BCUT2D eigenvalue weighted by Crippen LogP contribution is -2.47. The Labute approximate surface area is 114 Å². The first-order valence-electron chi connectivity index (χ1n) is 6.46. The van der Waals surface area contributed by atoms with Crippen LogP contribution in [-0.2, 0) is 0 Å². The smallest absolute Gasteiger partial charge is 0.139 e. The van der Waals surface area contributed by atoms with Gasteiger partial charge in [0.1, 0.15) is 12.4 Å². The van der Waals surface area contributed by atoms with Crippen molar-refractivity contribution in [1.82, 2.24) is 14.8 Å². The number of rotatable bonds is 5. The number of halogens is 1. The largest absolute Gasteiger partial charge is 0.491 e. The first-order valence-corrected chi connectivity index (χ1v) is 6.84. The van der Waals surface area contributed by atoms with Gasteiger partial charge in [-0.05, 0) is 6.54 Å². The van der Waals surface area contributed by atoms with Gasteiger partial charge in [-0.3, -0.25) is 9.88 Å². The van der Waals surface area contributed by atoms with Crippen LogP contribution in [0.5, 0.6) is 5.75 Å². The molecule has 0 atom stereocenters. The molecule has 1 aliphatic heterocycles. The van der Waals surface area contributed by atoms with Crippen molar-refractivity contribution in [2.75, 3.05) is 45.9 Å². The van der Waals surface area contributed by atoms with Gasteiger partial charge in [0, 0.05) is 45.0 Å². The number of piperazine rings is 1. The highest BCUT2D eigenvalue weighted by Gasteiger charge is 2.14. The third kappa shape index (κ3) is 4.12. The maximum Gasteiger partial charge on any atom is 0.139 e. The van der Waals surface area contributed by atoms with Gasteiger partial charge in [0.25, 0.3) is 0 Å². The fourth-order valence-corrected chi connectivity index (χ4v) is 2.26. The monoisotopic (exact) mass is 269 g/mol. The van der Waals surface area contributed by atoms with Crippen molar-refractivity contribution in [2.45, 2.75) is 6.92 Å². The van der Waals surface area contributed by atoms with Crippen LogP contribution >= 0.6 is 11.6 Å². The van der Waals surface area contributed by atoms with Crippen LogP contribution in [0.2, 0.25) is 5.02 Å². The summed E-state index contributed by atoms with van der Waals surface area (Å²) in [6.07, 6.45) is 3.30. The number of nitrogens with zero attached hydrogens (tertiary/aromatic N) is 3. The molecule has 18 heavy (non-hydrogen) atoms. The van der Waals surface area contributed by atoms with Gasteiger partial charge in [-0.25, -0.2) is 0 Å². The van der Waals surface area contributed by atoms with Crippen LogP contribution in [0.3, 0.4) is 0 Å². The van der Waals surface area contributed by atoms with Crippen LogP contribution in [0, 0.1) is 0 Å². The fourth-order valence-electron chi connectivity index (χ4n) is 2.09. The molecule has 100 valence electrons. The third-order valence-electron chi connectivity index (χ3n) is 3.27. The van der Waals surface area contributed by atoms with Gasteiger partial charge in [0.2, 0.25) is 0 Å². The van der Waals surface area contributed by atoms with Crippen molar-refractivity contribution in [3.63, 3.8) is 0 Å². The predicted octanol–water partition coefficient (Wildman–Crippen LogP) is 1.75. The summed E-state index contributed by atoms with van der Waals surface area (Å²) < 4.78 is 5.64. The summed E-state index contributed by atoms with van der Waals surface area (Å²) in [5.41, 5.74) is 0. The molecule has 4 nitrogen and oxygen atoms in total. The molecule has 1 aromatic heterocycles. The third-order valence-corrected chi connectivity index (χ3v) is 3.47. The second kappa shape index (κ2) is 6.92. The standard InChI is InChI=1S/C13H20ClN3O/c1-2-16-3-5-17(6-4-16)7-8-18-13-9-12(14)10-15-11-13/h9-11H,2-8H2,1H3. The maximum atomic E-state index is 5.85. The zero-order chi connectivity index (χ0) is 12.8. The molecular formula is C13H20ClN3O. The molecule has 0 spiro atoms. The molecule has 0 unspecified atom stereocenters. The highest BCUT2D eigenvalue weighted by molar-refractivity contribution is 6.30. The molecule has 2 heterocycles. The lowest BCUT2D eigenvalue weighted by Gasteiger charge is -2.33. The first kappa shape index (κ1) is 13.6. The van der Waals surface area contributed by atoms with Crippen LogP contribution in [0.15, 0.2) is 18.5 Å². The van der Waals surface area contributed by atoms with Gasteiger partial charge >= 0.3 is 0 Å². The SMILES string of the molecule is CCN1CCN(CCOc2cncc(Cl)c2)CC1. The maximum absolute atomic E-state index is 5.85. The highest BCUT2D eigenvalue weighted by atomic mass is 35.5. The average molecular weight is 270 g/mol. The molecule has 1 fully saturated rings. The van der Waals surface area contributed by atoms with Gasteiger partial charge in [0.15, 0.2) is 0 Å². The van der Waals surface area contributed by atoms with Crippen molar-refractivity contribution in [2.24, 2.45) is 0 Å². The van der Waals surface area contributed by atoms with E-state index in [0.717, 1.165) is 45.0 Å². The van der Waals surface area contributed by atoms with Crippen LogP contribution in [0.4, 0.5) is 0 Å². The Balaban J connectivity index is 1.67. The molecule has 0 bridgehead atoms. The van der Waals surface area contributed by atoms with Crippen molar-refractivity contribution in [3.8, 4) is 5.75 Å². The number of aromatic nitrogens is 1. The van der Waals surface area contributed by atoms with Crippen molar-refractivity contribution in [1.29, 1.82) is 0 Å². The topological polar surface area (TPSA) is 28.6 Å². The number of likely N-dealkylation sites (N-methyl/N-ethyl adjacent to an activating group) is 1. The Morgan fingerprint density at radius 2 is 1.94 bits per heavy atom. The normalized spacial score (nSPS) is 17.9. The van der Waals surface area contributed by atoms with Crippen molar-refractivity contribution < 1.29 is 4.74 Å². The molecule has 2 rings (SSSR count). The minimum Gasteiger partial charge on any atom is -0.491 e. The van der Waals surface area contributed by atoms with E-state index < -0.39 is 0 Å². The molecule has 0 N–H and O–H groups in total. The summed E-state index contributed by atoms with van der Waals surface area (Å²) in [6.45, 7) is 9.60. The van der Waals surface area contributed by atoms with E-state index in [1.165, 1.54) is 0 Å². The molecule has 0 amide bonds. The molecule has 0 radical (unpaired) electrons. The van der Waals surface area contributed by atoms with Gasteiger partial charge in [0.05, 0.1) is 11.2 Å². The van der Waals surface area contributed by atoms with E-state index in [0.29, 0.717) is 11.6 Å². The summed E-state index contributed by atoms with van der Waals surface area (Å²) in [4.78, 5) is 8.90. The first-order chi connectivity index (χ1) is 8.78. The number of pyridine rings is 1. The lowest BCUT2D eigenvalue weighted by atomic mass is 10.3. The number of ether oxygens (including phenoxy) is 1. The fraction of sp³-hybridized carbons (Fsp3) is 0.615. The highest BCUT2D eigenvalue weighted by Crippen LogP contribution is 2.14. The summed E-state index contributed by atoms with van der Waals surface area (Å²) >= 11 is 5.85. The summed E-state index contributed by atoms with van der Waals surface area (Å²) in [5, 5.41) is 0.615. The lowest BCUT2D eigenvalue weighted by molar-refractivity contribution is 0.121. The van der Waals surface area contributed by atoms with E-state index in [-0.39, 0.29) is 0 Å². The van der Waals surface area contributed by atoms with Crippen LogP contribution in [0.25, 0.3) is 0 Å². The average Bonchev–Trinajstić information content (AvgIpc) is 2.40. The Bertz CT molecular complexity index is 367. The summed E-state index contributed by atoms with van der Waals surface area (Å²) in [6, 6.07) is 1.80. The Hall–Kier alpha value is -0.840. The van der Waals surface area contributed by atoms with E-state index in [1.807, 2.05) is 0 Å². The quantitative estimate of drug-likeness (QED) is 0.814. The molecule has 5 heteroatoms. The van der Waals surface area contributed by atoms with Crippen LogP contribution in [-0.4, -0.2) is 60.7 Å². The summed E-state index contributed by atoms with van der Waals surface area (Å²) in [7, 11) is 0. The van der Waals surface area contributed by atoms with E-state index in [2.05, 4.69) is 21.7 Å². The minimum absolute atomic E-state index is 0.615. The van der Waals surface area contributed by atoms with Gasteiger partial charge in [-0.15, -0.1) is 0 Å². The Morgan fingerprint density at radius 1 is 1.22 bits per heavy atom. The summed E-state index contributed by atoms with van der Waals surface area (Å²) in [5.74, 6) is 0.745. The molecule has 0 aromatic carbocycles. The van der Waals surface area contributed by atoms with Crippen molar-refractivity contribution in [3.05, 3.63) is 23.5 Å². The Morgan fingerprint density at radius 3 is 2.61 bits per heavy atom. The molecular weight excluding hydrogens is 250 g/mol. The van der Waals surface area contributed by atoms with E-state index in [9.17, 15) is 0 Å². The molecule has 1 saturated heterocycles. The second-order valence-corrected chi connectivity index (χ2v) is 4.90. The molecule has 0 aliphatic carbocycles. The van der Waals surface area contributed by atoms with Crippen LogP contribution in [0.1, 0.15) is 6.92 Å². The Kier molecular flexibility index (Phi) is 5.23. The van der Waals surface area contributed by atoms with Gasteiger partial charge in [-0.1, -0.05) is 18.5 Å². The predicted molar refractivity (Wildman–Crippen MR) is 73.3 cm³/mol. The van der Waals surface area contributed by atoms with Gasteiger partial charge in [-0.2, -0.15) is 0 Å². The second-order valence-electron chi connectivity index (χ2n) is 4.46. The number of hydrogen-bond acceptors (Lipinski definition) is 4. The number of hydrogen-bond donors (Lipinski definition) is 0. The van der Waals surface area contributed by atoms with Crippen LogP contribution < -0.4 is 4.74 Å². The zero-order valence-electron chi connectivity index (χ0n) is 10.8. The van der Waals surface area contributed by atoms with E-state index in [1.54, 1.807) is 18.5 Å². The van der Waals surface area contributed by atoms with Gasteiger partial charge < -0.3 is 9.64 Å². The molecule has 1 aromatic rings. The minimum atomic E-state index is 0.615.